The van der Waals surface area contributed by atoms with Crippen molar-refractivity contribution >= 4 is 11.3 Å². The largest absolute Gasteiger partial charge is 0.480 e. The Hall–Kier alpha value is -3.07. The van der Waals surface area contributed by atoms with Crippen LogP contribution in [-0.2, 0) is 0 Å². The summed E-state index contributed by atoms with van der Waals surface area (Å²) in [5, 5.41) is 3.63. The van der Waals surface area contributed by atoms with Gasteiger partial charge >= 0.3 is 0 Å². The highest BCUT2D eigenvalue weighted by atomic mass is 19.1. The number of hydrogen-bond acceptors (Lipinski definition) is 2. The zero-order chi connectivity index (χ0) is 20.3. The van der Waals surface area contributed by atoms with Gasteiger partial charge in [-0.1, -0.05) is 42.5 Å². The Bertz CT molecular complexity index is 1180. The minimum absolute atomic E-state index is 0.121. The van der Waals surface area contributed by atoms with Crippen molar-refractivity contribution in [1.82, 2.24) is 0 Å². The van der Waals surface area contributed by atoms with Crippen LogP contribution in [0.3, 0.4) is 0 Å². The minimum Gasteiger partial charge on any atom is -0.480 e. The molecule has 0 spiro atoms. The molecule has 0 amide bonds. The molecule has 0 saturated carbocycles. The van der Waals surface area contributed by atoms with Gasteiger partial charge in [0.2, 0.25) is 0 Å². The summed E-state index contributed by atoms with van der Waals surface area (Å²) in [6.45, 7) is 8.26. The van der Waals surface area contributed by atoms with Gasteiger partial charge in [-0.15, -0.1) is 0 Å². The van der Waals surface area contributed by atoms with E-state index in [1.807, 2.05) is 30.3 Å². The van der Waals surface area contributed by atoms with Crippen molar-refractivity contribution in [3.8, 4) is 16.9 Å². The van der Waals surface area contributed by atoms with Crippen LogP contribution < -0.4 is 10.1 Å². The zero-order valence-electron chi connectivity index (χ0n) is 17.1. The van der Waals surface area contributed by atoms with E-state index < -0.39 is 0 Å². The molecule has 1 atom stereocenters. The Morgan fingerprint density at radius 1 is 0.966 bits per heavy atom. The first kappa shape index (κ1) is 18.0. The van der Waals surface area contributed by atoms with Crippen LogP contribution in [0.2, 0.25) is 0 Å². The van der Waals surface area contributed by atoms with Crippen LogP contribution in [0, 0.1) is 12.7 Å². The van der Waals surface area contributed by atoms with E-state index in [1.165, 1.54) is 5.57 Å². The maximum absolute atomic E-state index is 14.4. The summed E-state index contributed by atoms with van der Waals surface area (Å²) >= 11 is 0. The number of halogens is 1. The number of anilines is 1. The van der Waals surface area contributed by atoms with Gasteiger partial charge < -0.3 is 10.1 Å². The average molecular weight is 385 g/mol. The summed E-state index contributed by atoms with van der Waals surface area (Å²) in [6.07, 6.45) is 1.89. The number of ether oxygens (including phenoxy) is 1. The summed E-state index contributed by atoms with van der Waals surface area (Å²) in [4.78, 5) is 0. The number of para-hydroxylation sites is 1. The molecule has 0 saturated heterocycles. The first-order valence-electron chi connectivity index (χ1n) is 10.0. The topological polar surface area (TPSA) is 21.3 Å². The van der Waals surface area contributed by atoms with Gasteiger partial charge in [0.25, 0.3) is 0 Å². The van der Waals surface area contributed by atoms with Crippen LogP contribution in [0.4, 0.5) is 10.1 Å². The second-order valence-electron chi connectivity index (χ2n) is 8.63. The number of nitrogens with one attached hydrogen (secondary N) is 1. The summed E-state index contributed by atoms with van der Waals surface area (Å²) in [6, 6.07) is 17.8. The first-order chi connectivity index (χ1) is 13.8. The van der Waals surface area contributed by atoms with E-state index in [1.54, 1.807) is 13.0 Å². The highest BCUT2D eigenvalue weighted by Gasteiger charge is 2.34. The molecule has 3 aromatic rings. The molecule has 0 radical (unpaired) electrons. The second kappa shape index (κ2) is 6.21. The van der Waals surface area contributed by atoms with Crippen molar-refractivity contribution in [2.45, 2.75) is 39.3 Å². The molecule has 0 fully saturated rings. The minimum atomic E-state index is -0.365. The Kier molecular flexibility index (Phi) is 3.86. The zero-order valence-corrected chi connectivity index (χ0v) is 17.1. The molecule has 3 aromatic carbocycles. The van der Waals surface area contributed by atoms with Crippen LogP contribution in [-0.4, -0.2) is 5.54 Å². The van der Waals surface area contributed by atoms with Crippen molar-refractivity contribution < 1.29 is 9.13 Å². The maximum atomic E-state index is 14.4. The van der Waals surface area contributed by atoms with Crippen molar-refractivity contribution in [3.05, 3.63) is 88.7 Å². The van der Waals surface area contributed by atoms with Crippen LogP contribution in [0.25, 0.3) is 16.7 Å². The molecule has 0 unspecified atom stereocenters. The molecule has 2 aliphatic rings. The van der Waals surface area contributed by atoms with E-state index in [2.05, 4.69) is 50.4 Å². The van der Waals surface area contributed by atoms with Crippen molar-refractivity contribution in [3.63, 3.8) is 0 Å². The Labute approximate surface area is 171 Å². The van der Waals surface area contributed by atoms with Gasteiger partial charge in [0.05, 0.1) is 5.54 Å². The third-order valence-electron chi connectivity index (χ3n) is 5.86. The lowest BCUT2D eigenvalue weighted by molar-refractivity contribution is 0.242. The summed E-state index contributed by atoms with van der Waals surface area (Å²) in [7, 11) is 0. The number of rotatable bonds is 1. The molecule has 0 aliphatic carbocycles. The van der Waals surface area contributed by atoms with Gasteiger partial charge in [-0.05, 0) is 68.2 Å². The SMILES string of the molecule is CC1=CC(C)(C)Nc2ccc3c(c21)[C@H](c1ccc(C)c(F)c1)Oc1ccccc1-3. The molecule has 2 nitrogen and oxygen atoms in total. The van der Waals surface area contributed by atoms with Crippen molar-refractivity contribution in [2.24, 2.45) is 0 Å². The van der Waals surface area contributed by atoms with E-state index in [-0.39, 0.29) is 17.5 Å². The fraction of sp³-hybridized carbons (Fsp3) is 0.231. The molecule has 2 aliphatic heterocycles. The Balaban J connectivity index is 1.80. The number of hydrogen-bond donors (Lipinski definition) is 1. The fourth-order valence-corrected chi connectivity index (χ4v) is 4.64. The lowest BCUT2D eigenvalue weighted by Gasteiger charge is -2.37. The summed E-state index contributed by atoms with van der Waals surface area (Å²) in [5.74, 6) is 0.625. The third-order valence-corrected chi connectivity index (χ3v) is 5.86. The molecular formula is C26H24FNO. The van der Waals surface area contributed by atoms with Gasteiger partial charge in [0.1, 0.15) is 11.6 Å². The molecule has 29 heavy (non-hydrogen) atoms. The second-order valence-corrected chi connectivity index (χ2v) is 8.63. The van der Waals surface area contributed by atoms with E-state index in [0.717, 1.165) is 39.3 Å². The number of fused-ring (bicyclic) bond motifs is 5. The Morgan fingerprint density at radius 2 is 1.76 bits per heavy atom. The molecule has 1 N–H and O–H groups in total. The van der Waals surface area contributed by atoms with Crippen LogP contribution >= 0.6 is 0 Å². The van der Waals surface area contributed by atoms with Crippen LogP contribution in [0.15, 0.2) is 60.7 Å². The molecule has 146 valence electrons. The molecule has 0 aromatic heterocycles. The van der Waals surface area contributed by atoms with E-state index in [0.29, 0.717) is 5.56 Å². The lowest BCUT2D eigenvalue weighted by atomic mass is 9.80. The number of aryl methyl sites for hydroxylation is 1. The lowest BCUT2D eigenvalue weighted by Crippen LogP contribution is -2.32. The monoisotopic (exact) mass is 385 g/mol. The highest BCUT2D eigenvalue weighted by Crippen LogP contribution is 2.50. The van der Waals surface area contributed by atoms with Crippen LogP contribution in [0.1, 0.15) is 49.1 Å². The van der Waals surface area contributed by atoms with Crippen LogP contribution in [0.5, 0.6) is 5.75 Å². The molecule has 0 bridgehead atoms. The predicted molar refractivity (Wildman–Crippen MR) is 117 cm³/mol. The van der Waals surface area contributed by atoms with E-state index >= 15 is 0 Å². The smallest absolute Gasteiger partial charge is 0.150 e. The fourth-order valence-electron chi connectivity index (χ4n) is 4.64. The normalized spacial score (nSPS) is 18.5. The van der Waals surface area contributed by atoms with Gasteiger partial charge in [-0.2, -0.15) is 0 Å². The van der Waals surface area contributed by atoms with Gasteiger partial charge in [-0.25, -0.2) is 4.39 Å². The van der Waals surface area contributed by atoms with Gasteiger partial charge in [-0.3, -0.25) is 0 Å². The number of allylic oxidation sites excluding steroid dienone is 1. The van der Waals surface area contributed by atoms with E-state index in [9.17, 15) is 4.39 Å². The predicted octanol–water partition coefficient (Wildman–Crippen LogP) is 6.89. The Morgan fingerprint density at radius 3 is 2.55 bits per heavy atom. The average Bonchev–Trinajstić information content (AvgIpc) is 2.68. The molecular weight excluding hydrogens is 361 g/mol. The highest BCUT2D eigenvalue weighted by molar-refractivity contribution is 5.90. The van der Waals surface area contributed by atoms with Gasteiger partial charge in [0.15, 0.2) is 6.10 Å². The molecule has 2 heterocycles. The van der Waals surface area contributed by atoms with Crippen molar-refractivity contribution in [1.29, 1.82) is 0 Å². The molecule has 5 rings (SSSR count). The standard InChI is InChI=1S/C26H24FNO/c1-15-9-10-17(13-20(15)27)25-24-19(18-7-5-6-8-22(18)29-25)11-12-21-23(24)16(2)14-26(3,4)28-21/h5-14,25,28H,1-4H3/t25-/m0/s1. The van der Waals surface area contributed by atoms with Crippen molar-refractivity contribution in [2.75, 3.05) is 5.32 Å². The summed E-state index contributed by atoms with van der Waals surface area (Å²) in [5.41, 5.74) is 8.12. The maximum Gasteiger partial charge on any atom is 0.150 e. The summed E-state index contributed by atoms with van der Waals surface area (Å²) < 4.78 is 20.9. The van der Waals surface area contributed by atoms with Gasteiger partial charge in [0, 0.05) is 22.4 Å². The third kappa shape index (κ3) is 2.84. The first-order valence-corrected chi connectivity index (χ1v) is 10.0. The quantitative estimate of drug-likeness (QED) is 0.492. The number of benzene rings is 3. The van der Waals surface area contributed by atoms with E-state index in [4.69, 9.17) is 4.74 Å². The molecule has 3 heteroatoms.